The number of aliphatic imine (C=N–C) groups is 2. The van der Waals surface area contributed by atoms with E-state index in [2.05, 4.69) is 41.8 Å². The molecule has 1 heterocycles. The molecule has 0 amide bonds. The molecule has 12 heteroatoms. The summed E-state index contributed by atoms with van der Waals surface area (Å²) in [5.74, 6) is 2.52. The zero-order valence-electron chi connectivity index (χ0n) is 18.8. The maximum absolute atomic E-state index is 9.79. The van der Waals surface area contributed by atoms with E-state index in [0.717, 1.165) is 18.7 Å². The molecule has 0 aromatic heterocycles. The fraction of sp³-hybridized carbons (Fsp3) is 0.167. The number of thioether (sulfide) groups is 2. The average molecular weight is 654 g/mol. The van der Waals surface area contributed by atoms with Crippen molar-refractivity contribution in [3.8, 4) is 11.5 Å². The lowest BCUT2D eigenvalue weighted by Gasteiger charge is -2.15. The van der Waals surface area contributed by atoms with Crippen LogP contribution in [0.1, 0.15) is 0 Å². The van der Waals surface area contributed by atoms with Crippen LogP contribution in [0.25, 0.3) is 0 Å². The first-order valence-electron chi connectivity index (χ1n) is 10.8. The van der Waals surface area contributed by atoms with Crippen LogP contribution in [0.15, 0.2) is 89.4 Å². The summed E-state index contributed by atoms with van der Waals surface area (Å²) in [6.45, 7) is 0.872. The zero-order valence-corrected chi connectivity index (χ0v) is 23.6. The quantitative estimate of drug-likeness (QED) is 0.202. The Bertz CT molecular complexity index is 1180. The first-order chi connectivity index (χ1) is 17.6. The van der Waals surface area contributed by atoms with Gasteiger partial charge >= 0.3 is 0 Å². The second kappa shape index (κ2) is 13.4. The standard InChI is InChI=1S/C24H22Br2N4O4S2/c25-15-13-19-20(14-16(15)26)34-10-12-36-22-8-4-2-6-18(22)28-24(30-32)23(29-31)27-17-5-1-3-7-21(17)35-11-9-33-19/h1-8,13-14,31-32H,9-12H2,(H,27,29)(H,28,30). The molecule has 0 radical (unpaired) electrons. The minimum absolute atomic E-state index is 0.0320. The van der Waals surface area contributed by atoms with E-state index >= 15 is 0 Å². The van der Waals surface area contributed by atoms with E-state index in [1.54, 1.807) is 23.5 Å². The topological polar surface area (TPSA) is 108 Å². The summed E-state index contributed by atoms with van der Waals surface area (Å²) in [5, 5.41) is 19.6. The molecule has 0 aliphatic carbocycles. The van der Waals surface area contributed by atoms with Crippen LogP contribution in [-0.4, -0.2) is 46.8 Å². The van der Waals surface area contributed by atoms with Crippen molar-refractivity contribution in [3.05, 3.63) is 69.6 Å². The second-order valence-corrected chi connectivity index (χ2v) is 11.2. The summed E-state index contributed by atoms with van der Waals surface area (Å²) in [5.41, 5.74) is 5.29. The van der Waals surface area contributed by atoms with E-state index < -0.39 is 0 Å². The Labute approximate surface area is 233 Å². The lowest BCUT2D eigenvalue weighted by Crippen LogP contribution is -2.37. The molecule has 8 nitrogen and oxygen atoms in total. The van der Waals surface area contributed by atoms with Crippen molar-refractivity contribution in [2.45, 2.75) is 9.79 Å². The molecule has 0 saturated carbocycles. The van der Waals surface area contributed by atoms with Crippen molar-refractivity contribution >= 4 is 78.4 Å². The van der Waals surface area contributed by atoms with E-state index in [0.29, 0.717) is 47.6 Å². The number of fused-ring (bicyclic) bond motifs is 3. The molecule has 0 saturated heterocycles. The minimum Gasteiger partial charge on any atom is -0.489 e. The lowest BCUT2D eigenvalue weighted by molar-refractivity contribution is 0.223. The molecule has 0 bridgehead atoms. The number of benzene rings is 3. The maximum atomic E-state index is 9.79. The highest BCUT2D eigenvalue weighted by molar-refractivity contribution is 9.13. The van der Waals surface area contributed by atoms with Crippen molar-refractivity contribution in [1.82, 2.24) is 11.0 Å². The van der Waals surface area contributed by atoms with Crippen molar-refractivity contribution in [3.63, 3.8) is 0 Å². The molecule has 188 valence electrons. The fourth-order valence-electron chi connectivity index (χ4n) is 3.19. The molecule has 36 heavy (non-hydrogen) atoms. The number of ether oxygens (including phenoxy) is 2. The lowest BCUT2D eigenvalue weighted by atomic mass is 10.3. The van der Waals surface area contributed by atoms with Gasteiger partial charge in [-0.2, -0.15) is 0 Å². The molecule has 1 aliphatic rings. The van der Waals surface area contributed by atoms with Gasteiger partial charge in [0.15, 0.2) is 23.2 Å². The average Bonchev–Trinajstić information content (AvgIpc) is 2.89. The third-order valence-corrected chi connectivity index (χ3v) is 8.71. The molecular weight excluding hydrogens is 632 g/mol. The van der Waals surface area contributed by atoms with Gasteiger partial charge < -0.3 is 9.47 Å². The highest BCUT2D eigenvalue weighted by Crippen LogP contribution is 2.37. The Morgan fingerprint density at radius 2 is 1.11 bits per heavy atom. The number of hydroxylamine groups is 2. The van der Waals surface area contributed by atoms with Crippen LogP contribution in [-0.2, 0) is 0 Å². The van der Waals surface area contributed by atoms with Crippen LogP contribution < -0.4 is 20.4 Å². The highest BCUT2D eigenvalue weighted by Gasteiger charge is 2.14. The molecule has 0 fully saturated rings. The Balaban J connectivity index is 1.72. The van der Waals surface area contributed by atoms with E-state index in [1.165, 1.54) is 0 Å². The first kappa shape index (κ1) is 26.8. The molecule has 3 aromatic carbocycles. The van der Waals surface area contributed by atoms with Gasteiger partial charge in [0.2, 0.25) is 0 Å². The summed E-state index contributed by atoms with van der Waals surface area (Å²) in [7, 11) is 0. The molecule has 0 spiro atoms. The van der Waals surface area contributed by atoms with Gasteiger partial charge in [-0.3, -0.25) is 10.4 Å². The number of nitrogens with one attached hydrogen (secondary N) is 2. The molecule has 4 N–H and O–H groups in total. The number of nitrogens with zero attached hydrogens (tertiary/aromatic N) is 2. The second-order valence-electron chi connectivity index (χ2n) is 7.19. The van der Waals surface area contributed by atoms with Gasteiger partial charge in [-0.1, -0.05) is 24.3 Å². The molecule has 4 rings (SSSR count). The van der Waals surface area contributed by atoms with Gasteiger partial charge in [0, 0.05) is 30.2 Å². The molecule has 3 aromatic rings. The summed E-state index contributed by atoms with van der Waals surface area (Å²) in [6.07, 6.45) is 0. The summed E-state index contributed by atoms with van der Waals surface area (Å²) in [4.78, 5) is 10.8. The van der Waals surface area contributed by atoms with Gasteiger partial charge in [0.1, 0.15) is 0 Å². The van der Waals surface area contributed by atoms with Crippen LogP contribution in [0.5, 0.6) is 11.5 Å². The van der Waals surface area contributed by atoms with Gasteiger partial charge in [-0.05, 0) is 68.3 Å². The number of para-hydroxylation sites is 2. The predicted molar refractivity (Wildman–Crippen MR) is 151 cm³/mol. The Kier molecular flexibility index (Phi) is 9.96. The summed E-state index contributed by atoms with van der Waals surface area (Å²) >= 11 is 10.2. The van der Waals surface area contributed by atoms with E-state index in [9.17, 15) is 10.4 Å². The van der Waals surface area contributed by atoms with Crippen molar-refractivity contribution < 1.29 is 19.9 Å². The number of hydrogen-bond donors (Lipinski definition) is 4. The van der Waals surface area contributed by atoms with Crippen LogP contribution in [0.2, 0.25) is 0 Å². The number of rotatable bonds is 0. The van der Waals surface area contributed by atoms with E-state index in [4.69, 9.17) is 9.47 Å². The van der Waals surface area contributed by atoms with Crippen molar-refractivity contribution in [2.75, 3.05) is 24.7 Å². The van der Waals surface area contributed by atoms with Crippen molar-refractivity contribution in [1.29, 1.82) is 0 Å². The molecule has 0 atom stereocenters. The monoisotopic (exact) mass is 652 g/mol. The van der Waals surface area contributed by atoms with Crippen LogP contribution in [0, 0.1) is 0 Å². The smallest absolute Gasteiger partial charge is 0.195 e. The Morgan fingerprint density at radius 3 is 1.53 bits per heavy atom. The Hall–Kier alpha value is -2.22. The normalized spacial score (nSPS) is 14.8. The fourth-order valence-corrected chi connectivity index (χ4v) is 5.48. The third kappa shape index (κ3) is 6.96. The van der Waals surface area contributed by atoms with Crippen molar-refractivity contribution in [2.24, 2.45) is 9.98 Å². The number of amidine groups is 2. The summed E-state index contributed by atoms with van der Waals surface area (Å²) in [6, 6.07) is 18.8. The van der Waals surface area contributed by atoms with Crippen LogP contribution >= 0.6 is 55.4 Å². The SMILES string of the molecule is ONC1=Nc2ccccc2SCCOc2cc(Br)c(Br)cc2OCCSc2ccccc2N=C1NO. The summed E-state index contributed by atoms with van der Waals surface area (Å²) < 4.78 is 13.9. The van der Waals surface area contributed by atoms with Gasteiger partial charge in [0.25, 0.3) is 0 Å². The molecule has 1 aliphatic heterocycles. The van der Waals surface area contributed by atoms with E-state index in [1.807, 2.05) is 71.6 Å². The van der Waals surface area contributed by atoms with Gasteiger partial charge in [-0.15, -0.1) is 23.5 Å². The minimum atomic E-state index is -0.0320. The molecular formula is C24H22Br2N4O4S2. The number of hydrogen-bond acceptors (Lipinski definition) is 10. The first-order valence-corrected chi connectivity index (χ1v) is 14.3. The van der Waals surface area contributed by atoms with Crippen LogP contribution in [0.4, 0.5) is 11.4 Å². The van der Waals surface area contributed by atoms with Gasteiger partial charge in [0.05, 0.1) is 24.6 Å². The predicted octanol–water partition coefficient (Wildman–Crippen LogP) is 6.59. The van der Waals surface area contributed by atoms with E-state index in [-0.39, 0.29) is 11.7 Å². The number of halogens is 2. The van der Waals surface area contributed by atoms with Crippen LogP contribution in [0.3, 0.4) is 0 Å². The maximum Gasteiger partial charge on any atom is 0.195 e. The Morgan fingerprint density at radius 1 is 0.694 bits per heavy atom. The van der Waals surface area contributed by atoms with Gasteiger partial charge in [-0.25, -0.2) is 20.9 Å². The largest absolute Gasteiger partial charge is 0.489 e. The zero-order chi connectivity index (χ0) is 25.3. The third-order valence-electron chi connectivity index (χ3n) is 4.81. The highest BCUT2D eigenvalue weighted by atomic mass is 79.9. The molecule has 0 unspecified atom stereocenters.